The minimum atomic E-state index is -0.163. The van der Waals surface area contributed by atoms with Gasteiger partial charge in [0.15, 0.2) is 0 Å². The number of anilines is 2. The van der Waals surface area contributed by atoms with Gasteiger partial charge in [-0.3, -0.25) is 9.69 Å². The molecule has 20 heavy (non-hydrogen) atoms. The highest BCUT2D eigenvalue weighted by Gasteiger charge is 2.32. The fourth-order valence-electron chi connectivity index (χ4n) is 2.89. The number of benzene rings is 1. The van der Waals surface area contributed by atoms with Crippen LogP contribution >= 0.6 is 11.6 Å². The zero-order valence-corrected chi connectivity index (χ0v) is 12.9. The standard InChI is InChI=1S/C15H22ClN3O/c1-9-6-10(2)19(8-9)11(3)15(20)18-14-5-4-12(17)7-13(14)16/h4-5,7,9-11H,6,8,17H2,1-3H3,(H,18,20). The predicted molar refractivity (Wildman–Crippen MR) is 83.9 cm³/mol. The van der Waals surface area contributed by atoms with Gasteiger partial charge in [-0.2, -0.15) is 0 Å². The molecule has 0 saturated carbocycles. The molecule has 4 nitrogen and oxygen atoms in total. The first-order valence-corrected chi connectivity index (χ1v) is 7.38. The summed E-state index contributed by atoms with van der Waals surface area (Å²) < 4.78 is 0. The monoisotopic (exact) mass is 295 g/mol. The smallest absolute Gasteiger partial charge is 0.241 e. The van der Waals surface area contributed by atoms with Crippen molar-refractivity contribution >= 4 is 28.9 Å². The number of hydrogen-bond donors (Lipinski definition) is 2. The van der Waals surface area contributed by atoms with E-state index >= 15 is 0 Å². The molecule has 2 rings (SSSR count). The zero-order valence-electron chi connectivity index (χ0n) is 12.2. The van der Waals surface area contributed by atoms with Crippen molar-refractivity contribution in [3.8, 4) is 0 Å². The van der Waals surface area contributed by atoms with Crippen molar-refractivity contribution in [2.45, 2.75) is 39.3 Å². The SMILES string of the molecule is CC1CC(C)N(C(C)C(=O)Nc2ccc(N)cc2Cl)C1. The molecule has 0 aromatic heterocycles. The van der Waals surface area contributed by atoms with Crippen LogP contribution in [-0.2, 0) is 4.79 Å². The van der Waals surface area contributed by atoms with Crippen LogP contribution in [0.2, 0.25) is 5.02 Å². The van der Waals surface area contributed by atoms with E-state index < -0.39 is 0 Å². The Bertz CT molecular complexity index is 506. The van der Waals surface area contributed by atoms with Crippen molar-refractivity contribution in [2.24, 2.45) is 5.92 Å². The summed E-state index contributed by atoms with van der Waals surface area (Å²) in [6, 6.07) is 5.38. The first-order chi connectivity index (χ1) is 9.38. The summed E-state index contributed by atoms with van der Waals surface area (Å²) in [5, 5.41) is 3.35. The molecule has 0 bridgehead atoms. The Balaban J connectivity index is 2.04. The summed E-state index contributed by atoms with van der Waals surface area (Å²) in [6.45, 7) is 7.29. The van der Waals surface area contributed by atoms with Gasteiger partial charge < -0.3 is 11.1 Å². The molecule has 1 aliphatic rings. The number of carbonyl (C=O) groups excluding carboxylic acids is 1. The number of nitrogen functional groups attached to an aromatic ring is 1. The van der Waals surface area contributed by atoms with Gasteiger partial charge in [-0.1, -0.05) is 18.5 Å². The van der Waals surface area contributed by atoms with Crippen LogP contribution in [0.4, 0.5) is 11.4 Å². The van der Waals surface area contributed by atoms with Crippen LogP contribution in [0.25, 0.3) is 0 Å². The minimum absolute atomic E-state index is 0.0300. The van der Waals surface area contributed by atoms with Crippen molar-refractivity contribution in [2.75, 3.05) is 17.6 Å². The zero-order chi connectivity index (χ0) is 14.9. The number of nitrogens with two attached hydrogens (primary N) is 1. The molecule has 1 fully saturated rings. The van der Waals surface area contributed by atoms with E-state index in [-0.39, 0.29) is 11.9 Å². The fraction of sp³-hybridized carbons (Fsp3) is 0.533. The van der Waals surface area contributed by atoms with Crippen LogP contribution in [0.5, 0.6) is 0 Å². The van der Waals surface area contributed by atoms with E-state index in [1.165, 1.54) is 0 Å². The first kappa shape index (κ1) is 15.1. The van der Waals surface area contributed by atoms with Gasteiger partial charge in [-0.25, -0.2) is 0 Å². The molecule has 3 unspecified atom stereocenters. The first-order valence-electron chi connectivity index (χ1n) is 7.00. The molecule has 0 aliphatic carbocycles. The Morgan fingerprint density at radius 2 is 2.20 bits per heavy atom. The molecule has 0 spiro atoms. The largest absolute Gasteiger partial charge is 0.399 e. The molecule has 3 atom stereocenters. The van der Waals surface area contributed by atoms with Crippen LogP contribution in [0.15, 0.2) is 18.2 Å². The summed E-state index contributed by atoms with van der Waals surface area (Å²) in [5.41, 5.74) is 6.84. The van der Waals surface area contributed by atoms with E-state index in [0.717, 1.165) is 13.0 Å². The van der Waals surface area contributed by atoms with Gasteiger partial charge in [0.05, 0.1) is 16.8 Å². The number of amides is 1. The second kappa shape index (κ2) is 6.02. The summed E-state index contributed by atoms with van der Waals surface area (Å²) in [6.07, 6.45) is 1.14. The third-order valence-electron chi connectivity index (χ3n) is 3.96. The maximum absolute atomic E-state index is 12.3. The van der Waals surface area contributed by atoms with E-state index in [2.05, 4.69) is 24.1 Å². The molecule has 1 aromatic rings. The quantitative estimate of drug-likeness (QED) is 0.843. The summed E-state index contributed by atoms with van der Waals surface area (Å²) in [4.78, 5) is 14.6. The van der Waals surface area contributed by atoms with Gasteiger partial charge >= 0.3 is 0 Å². The van der Waals surface area contributed by atoms with E-state index in [0.29, 0.717) is 28.4 Å². The number of rotatable bonds is 3. The molecule has 3 N–H and O–H groups in total. The molecular formula is C15H22ClN3O. The van der Waals surface area contributed by atoms with Gasteiger partial charge in [-0.05, 0) is 44.4 Å². The molecule has 1 aromatic carbocycles. The van der Waals surface area contributed by atoms with Crippen LogP contribution in [-0.4, -0.2) is 29.4 Å². The van der Waals surface area contributed by atoms with Crippen molar-refractivity contribution in [3.63, 3.8) is 0 Å². The highest BCUT2D eigenvalue weighted by atomic mass is 35.5. The second-order valence-electron chi connectivity index (χ2n) is 5.79. The highest BCUT2D eigenvalue weighted by molar-refractivity contribution is 6.34. The highest BCUT2D eigenvalue weighted by Crippen LogP contribution is 2.27. The summed E-state index contributed by atoms with van der Waals surface area (Å²) in [7, 11) is 0. The van der Waals surface area contributed by atoms with E-state index in [1.54, 1.807) is 18.2 Å². The number of nitrogens with one attached hydrogen (secondary N) is 1. The lowest BCUT2D eigenvalue weighted by atomic mass is 10.1. The Labute approximate surface area is 125 Å². The van der Waals surface area contributed by atoms with E-state index in [9.17, 15) is 4.79 Å². The van der Waals surface area contributed by atoms with Gasteiger partial charge in [-0.15, -0.1) is 0 Å². The van der Waals surface area contributed by atoms with Gasteiger partial charge in [0, 0.05) is 18.3 Å². The average Bonchev–Trinajstić information content (AvgIpc) is 2.71. The minimum Gasteiger partial charge on any atom is -0.399 e. The second-order valence-corrected chi connectivity index (χ2v) is 6.20. The lowest BCUT2D eigenvalue weighted by Gasteiger charge is -2.27. The van der Waals surface area contributed by atoms with Gasteiger partial charge in [0.1, 0.15) is 0 Å². The van der Waals surface area contributed by atoms with Crippen LogP contribution in [0.3, 0.4) is 0 Å². The van der Waals surface area contributed by atoms with Crippen LogP contribution in [0.1, 0.15) is 27.2 Å². The third kappa shape index (κ3) is 3.25. The van der Waals surface area contributed by atoms with E-state index in [4.69, 9.17) is 17.3 Å². The molecule has 1 heterocycles. The Kier molecular flexibility index (Phi) is 4.55. The molecule has 110 valence electrons. The summed E-state index contributed by atoms with van der Waals surface area (Å²) in [5.74, 6) is 0.609. The Morgan fingerprint density at radius 1 is 1.50 bits per heavy atom. The normalized spacial score (nSPS) is 24.6. The van der Waals surface area contributed by atoms with Gasteiger partial charge in [0.2, 0.25) is 5.91 Å². The molecule has 1 amide bonds. The van der Waals surface area contributed by atoms with Gasteiger partial charge in [0.25, 0.3) is 0 Å². The number of hydrogen-bond acceptors (Lipinski definition) is 3. The molecule has 0 radical (unpaired) electrons. The topological polar surface area (TPSA) is 58.4 Å². The molecule has 1 saturated heterocycles. The molecule has 1 aliphatic heterocycles. The third-order valence-corrected chi connectivity index (χ3v) is 4.27. The van der Waals surface area contributed by atoms with Crippen molar-refractivity contribution in [1.82, 2.24) is 4.90 Å². The molecular weight excluding hydrogens is 274 g/mol. The van der Waals surface area contributed by atoms with Crippen molar-refractivity contribution in [1.29, 1.82) is 0 Å². The maximum Gasteiger partial charge on any atom is 0.241 e. The maximum atomic E-state index is 12.3. The summed E-state index contributed by atoms with van der Waals surface area (Å²) >= 11 is 6.08. The van der Waals surface area contributed by atoms with Crippen molar-refractivity contribution < 1.29 is 4.79 Å². The predicted octanol–water partition coefficient (Wildman–Crippen LogP) is 2.98. The number of nitrogens with zero attached hydrogens (tertiary/aromatic N) is 1. The Hall–Kier alpha value is -1.26. The number of likely N-dealkylation sites (tertiary alicyclic amines) is 1. The number of carbonyl (C=O) groups is 1. The molecule has 5 heteroatoms. The Morgan fingerprint density at radius 3 is 2.75 bits per heavy atom. The lowest BCUT2D eigenvalue weighted by molar-refractivity contribution is -0.121. The van der Waals surface area contributed by atoms with E-state index in [1.807, 2.05) is 6.92 Å². The van der Waals surface area contributed by atoms with Crippen LogP contribution in [0, 0.1) is 5.92 Å². The number of halogens is 1. The fourth-order valence-corrected chi connectivity index (χ4v) is 3.13. The van der Waals surface area contributed by atoms with Crippen LogP contribution < -0.4 is 11.1 Å². The average molecular weight is 296 g/mol. The van der Waals surface area contributed by atoms with Crippen molar-refractivity contribution in [3.05, 3.63) is 23.2 Å². The lowest BCUT2D eigenvalue weighted by Crippen LogP contribution is -2.43.